The van der Waals surface area contributed by atoms with Crippen molar-refractivity contribution in [1.29, 1.82) is 0 Å². The third-order valence-corrected chi connectivity index (χ3v) is 5.77. The van der Waals surface area contributed by atoms with Crippen LogP contribution >= 0.6 is 11.3 Å². The van der Waals surface area contributed by atoms with Crippen molar-refractivity contribution >= 4 is 16.5 Å². The highest BCUT2D eigenvalue weighted by atomic mass is 32.1. The smallest absolute Gasteiger partial charge is 0.208 e. The molecule has 0 amide bonds. The lowest BCUT2D eigenvalue weighted by Crippen LogP contribution is -2.35. The highest BCUT2D eigenvalue weighted by Crippen LogP contribution is 2.32. The number of unbranched alkanes of at least 4 members (excludes halogenated alkanes) is 1. The van der Waals surface area contributed by atoms with Gasteiger partial charge in [-0.15, -0.1) is 10.2 Å². The van der Waals surface area contributed by atoms with Gasteiger partial charge in [0.05, 0.1) is 0 Å². The maximum atomic E-state index is 4.66. The summed E-state index contributed by atoms with van der Waals surface area (Å²) in [5, 5.41) is 11.0. The van der Waals surface area contributed by atoms with E-state index in [0.29, 0.717) is 11.8 Å². The predicted molar refractivity (Wildman–Crippen MR) is 95.3 cm³/mol. The summed E-state index contributed by atoms with van der Waals surface area (Å²) in [6, 6.07) is 0. The standard InChI is InChI=1S/C17H27N5S/c1-4-5-9-21-11-8-18-15(21)14-7-6-10-22(12-14)17-20-19-16(23-17)13(2)3/h8,11,13-14H,4-7,9-10,12H2,1-3H3. The minimum atomic E-state index is 0.453. The number of hydrogen-bond donors (Lipinski definition) is 0. The number of aromatic nitrogens is 4. The molecular formula is C17H27N5S. The first kappa shape index (κ1) is 16.4. The first-order valence-electron chi connectivity index (χ1n) is 8.78. The van der Waals surface area contributed by atoms with E-state index in [1.54, 1.807) is 11.3 Å². The molecule has 6 heteroatoms. The third kappa shape index (κ3) is 3.74. The Morgan fingerprint density at radius 1 is 1.35 bits per heavy atom. The van der Waals surface area contributed by atoms with E-state index in [-0.39, 0.29) is 0 Å². The van der Waals surface area contributed by atoms with Gasteiger partial charge in [-0.2, -0.15) is 0 Å². The molecule has 1 atom stereocenters. The summed E-state index contributed by atoms with van der Waals surface area (Å²) in [7, 11) is 0. The Balaban J connectivity index is 1.71. The lowest BCUT2D eigenvalue weighted by atomic mass is 9.97. The second kappa shape index (κ2) is 7.43. The Hall–Kier alpha value is -1.43. The molecule has 23 heavy (non-hydrogen) atoms. The lowest BCUT2D eigenvalue weighted by molar-refractivity contribution is 0.465. The molecule has 0 bridgehead atoms. The summed E-state index contributed by atoms with van der Waals surface area (Å²) >= 11 is 1.74. The average molecular weight is 334 g/mol. The monoisotopic (exact) mass is 333 g/mol. The van der Waals surface area contributed by atoms with Crippen molar-refractivity contribution in [2.45, 2.75) is 64.8 Å². The number of anilines is 1. The number of nitrogens with zero attached hydrogens (tertiary/aromatic N) is 5. The van der Waals surface area contributed by atoms with E-state index in [1.807, 2.05) is 6.20 Å². The number of piperidine rings is 1. The Morgan fingerprint density at radius 2 is 2.22 bits per heavy atom. The van der Waals surface area contributed by atoms with Crippen LogP contribution in [-0.2, 0) is 6.54 Å². The van der Waals surface area contributed by atoms with Crippen molar-refractivity contribution in [1.82, 2.24) is 19.7 Å². The fraction of sp³-hybridized carbons (Fsp3) is 0.706. The molecule has 1 aliphatic heterocycles. The molecule has 1 saturated heterocycles. The van der Waals surface area contributed by atoms with Crippen LogP contribution in [0.5, 0.6) is 0 Å². The molecule has 0 radical (unpaired) electrons. The van der Waals surface area contributed by atoms with E-state index in [1.165, 1.54) is 31.5 Å². The Labute approximate surface area is 142 Å². The predicted octanol–water partition coefficient (Wildman–Crippen LogP) is 4.04. The number of aryl methyl sites for hydroxylation is 1. The molecule has 1 unspecified atom stereocenters. The molecule has 5 nitrogen and oxygen atoms in total. The van der Waals surface area contributed by atoms with Gasteiger partial charge < -0.3 is 9.47 Å². The van der Waals surface area contributed by atoms with Crippen molar-refractivity contribution < 1.29 is 0 Å². The van der Waals surface area contributed by atoms with Crippen LogP contribution < -0.4 is 4.90 Å². The van der Waals surface area contributed by atoms with Crippen LogP contribution in [0, 0.1) is 0 Å². The molecule has 126 valence electrons. The summed E-state index contributed by atoms with van der Waals surface area (Å²) in [4.78, 5) is 7.06. The van der Waals surface area contributed by atoms with Crippen molar-refractivity contribution in [3.63, 3.8) is 0 Å². The first-order chi connectivity index (χ1) is 11.2. The average Bonchev–Trinajstić information content (AvgIpc) is 3.22. The zero-order valence-electron chi connectivity index (χ0n) is 14.4. The minimum Gasteiger partial charge on any atom is -0.346 e. The van der Waals surface area contributed by atoms with Crippen LogP contribution in [0.3, 0.4) is 0 Å². The quantitative estimate of drug-likeness (QED) is 0.800. The molecule has 0 N–H and O–H groups in total. The van der Waals surface area contributed by atoms with Crippen LogP contribution in [0.15, 0.2) is 12.4 Å². The topological polar surface area (TPSA) is 46.8 Å². The fourth-order valence-electron chi connectivity index (χ4n) is 3.15. The van der Waals surface area contributed by atoms with E-state index < -0.39 is 0 Å². The maximum absolute atomic E-state index is 4.66. The SMILES string of the molecule is CCCCn1ccnc1C1CCCN(c2nnc(C(C)C)s2)C1. The molecular weight excluding hydrogens is 306 g/mol. The highest BCUT2D eigenvalue weighted by molar-refractivity contribution is 7.15. The summed E-state index contributed by atoms with van der Waals surface area (Å²) < 4.78 is 2.34. The lowest BCUT2D eigenvalue weighted by Gasteiger charge is -2.32. The molecule has 0 spiro atoms. The largest absolute Gasteiger partial charge is 0.346 e. The molecule has 1 aliphatic rings. The maximum Gasteiger partial charge on any atom is 0.208 e. The van der Waals surface area contributed by atoms with Crippen molar-refractivity contribution in [3.8, 4) is 0 Å². The van der Waals surface area contributed by atoms with Gasteiger partial charge >= 0.3 is 0 Å². The molecule has 0 aromatic carbocycles. The zero-order valence-corrected chi connectivity index (χ0v) is 15.2. The van der Waals surface area contributed by atoms with E-state index in [0.717, 1.165) is 29.8 Å². The molecule has 2 aromatic rings. The van der Waals surface area contributed by atoms with Crippen molar-refractivity contribution in [2.75, 3.05) is 18.0 Å². The number of rotatable bonds is 6. The summed E-state index contributed by atoms with van der Waals surface area (Å²) in [6.07, 6.45) is 8.93. The molecule has 1 fully saturated rings. The van der Waals surface area contributed by atoms with E-state index >= 15 is 0 Å². The first-order valence-corrected chi connectivity index (χ1v) is 9.60. The normalized spacial score (nSPS) is 18.8. The van der Waals surface area contributed by atoms with Gasteiger partial charge in [0, 0.05) is 43.9 Å². The van der Waals surface area contributed by atoms with Crippen LogP contribution in [0.25, 0.3) is 0 Å². The van der Waals surface area contributed by atoms with Gasteiger partial charge in [-0.3, -0.25) is 0 Å². The van der Waals surface area contributed by atoms with Crippen molar-refractivity contribution in [2.24, 2.45) is 0 Å². The van der Waals surface area contributed by atoms with E-state index in [2.05, 4.69) is 51.6 Å². The minimum absolute atomic E-state index is 0.453. The summed E-state index contributed by atoms with van der Waals surface area (Å²) in [6.45, 7) is 9.76. The Morgan fingerprint density at radius 3 is 2.96 bits per heavy atom. The Kier molecular flexibility index (Phi) is 5.30. The summed E-state index contributed by atoms with van der Waals surface area (Å²) in [5.41, 5.74) is 0. The number of hydrogen-bond acceptors (Lipinski definition) is 5. The van der Waals surface area contributed by atoms with Gasteiger partial charge in [0.25, 0.3) is 0 Å². The van der Waals surface area contributed by atoms with Gasteiger partial charge in [0.15, 0.2) is 0 Å². The van der Waals surface area contributed by atoms with Crippen LogP contribution in [0.4, 0.5) is 5.13 Å². The molecule has 3 rings (SSSR count). The second-order valence-corrected chi connectivity index (χ2v) is 7.68. The molecule has 0 saturated carbocycles. The van der Waals surface area contributed by atoms with Gasteiger partial charge in [-0.25, -0.2) is 4.98 Å². The Bertz CT molecular complexity index is 618. The molecule has 3 heterocycles. The summed E-state index contributed by atoms with van der Waals surface area (Å²) in [5.74, 6) is 2.20. The van der Waals surface area contributed by atoms with Gasteiger partial charge in [-0.1, -0.05) is 38.5 Å². The molecule has 2 aromatic heterocycles. The zero-order chi connectivity index (χ0) is 16.2. The van der Waals surface area contributed by atoms with Crippen LogP contribution in [0.2, 0.25) is 0 Å². The van der Waals surface area contributed by atoms with Crippen LogP contribution in [0.1, 0.15) is 69.1 Å². The van der Waals surface area contributed by atoms with Gasteiger partial charge in [0.2, 0.25) is 5.13 Å². The third-order valence-electron chi connectivity index (χ3n) is 4.48. The van der Waals surface area contributed by atoms with Gasteiger partial charge in [0.1, 0.15) is 10.8 Å². The molecule has 0 aliphatic carbocycles. The van der Waals surface area contributed by atoms with E-state index in [9.17, 15) is 0 Å². The number of imidazole rings is 1. The highest BCUT2D eigenvalue weighted by Gasteiger charge is 2.26. The van der Waals surface area contributed by atoms with Crippen molar-refractivity contribution in [3.05, 3.63) is 23.2 Å². The van der Waals surface area contributed by atoms with Gasteiger partial charge in [-0.05, 0) is 19.3 Å². The van der Waals surface area contributed by atoms with Crippen LogP contribution in [-0.4, -0.2) is 32.8 Å². The fourth-order valence-corrected chi connectivity index (χ4v) is 4.03. The second-order valence-electron chi connectivity index (χ2n) is 6.70. The van der Waals surface area contributed by atoms with E-state index in [4.69, 9.17) is 0 Å².